The minimum atomic E-state index is -0.0719. The Morgan fingerprint density at radius 3 is 2.89 bits per heavy atom. The SMILES string of the molecule is C=CCNC(=O)C=CC. The molecule has 0 saturated carbocycles. The number of amides is 1. The van der Waals surface area contributed by atoms with Crippen molar-refractivity contribution in [2.75, 3.05) is 6.54 Å². The summed E-state index contributed by atoms with van der Waals surface area (Å²) in [7, 11) is 0. The number of carbonyl (C=O) groups is 1. The fraction of sp³-hybridized carbons (Fsp3) is 0.286. The Morgan fingerprint density at radius 1 is 1.78 bits per heavy atom. The Hall–Kier alpha value is -1.05. The third-order valence-corrected chi connectivity index (χ3v) is 0.739. The van der Waals surface area contributed by atoms with Crippen molar-refractivity contribution in [1.82, 2.24) is 5.32 Å². The molecule has 0 unspecified atom stereocenters. The average Bonchev–Trinajstić information content (AvgIpc) is 1.85. The molecular weight excluding hydrogens is 114 g/mol. The summed E-state index contributed by atoms with van der Waals surface area (Å²) in [4.78, 5) is 10.6. The van der Waals surface area contributed by atoms with E-state index in [2.05, 4.69) is 11.9 Å². The standard InChI is InChI=1S/C7H11NO/c1-3-5-7(9)8-6-4-2/h3-5H,2,6H2,1H3,(H,8,9). The number of hydrogen-bond acceptors (Lipinski definition) is 1. The summed E-state index contributed by atoms with van der Waals surface area (Å²) < 4.78 is 0. The van der Waals surface area contributed by atoms with Crippen molar-refractivity contribution in [2.24, 2.45) is 0 Å². The number of rotatable bonds is 3. The summed E-state index contributed by atoms with van der Waals surface area (Å²) in [5.74, 6) is -0.0719. The molecule has 50 valence electrons. The van der Waals surface area contributed by atoms with Gasteiger partial charge in [-0.05, 0) is 13.0 Å². The topological polar surface area (TPSA) is 29.1 Å². The molecule has 2 heteroatoms. The summed E-state index contributed by atoms with van der Waals surface area (Å²) in [6.45, 7) is 5.78. The molecule has 0 aliphatic heterocycles. The van der Waals surface area contributed by atoms with Crippen LogP contribution in [-0.4, -0.2) is 12.5 Å². The van der Waals surface area contributed by atoms with Crippen molar-refractivity contribution < 1.29 is 4.79 Å². The maximum absolute atomic E-state index is 10.6. The predicted molar refractivity (Wildman–Crippen MR) is 38.0 cm³/mol. The summed E-state index contributed by atoms with van der Waals surface area (Å²) >= 11 is 0. The predicted octanol–water partition coefficient (Wildman–Crippen LogP) is 0.865. The lowest BCUT2D eigenvalue weighted by molar-refractivity contribution is -0.116. The van der Waals surface area contributed by atoms with Gasteiger partial charge in [0.2, 0.25) is 5.91 Å². The lowest BCUT2D eigenvalue weighted by Gasteiger charge is -1.92. The molecule has 0 aliphatic rings. The van der Waals surface area contributed by atoms with Crippen molar-refractivity contribution in [3.63, 3.8) is 0 Å². The molecule has 1 amide bonds. The smallest absolute Gasteiger partial charge is 0.243 e. The van der Waals surface area contributed by atoms with Crippen molar-refractivity contribution in [3.8, 4) is 0 Å². The first-order valence-corrected chi connectivity index (χ1v) is 2.82. The third-order valence-electron chi connectivity index (χ3n) is 0.739. The maximum atomic E-state index is 10.6. The number of carbonyl (C=O) groups excluding carboxylic acids is 1. The van der Waals surface area contributed by atoms with Crippen LogP contribution >= 0.6 is 0 Å². The number of hydrogen-bond donors (Lipinski definition) is 1. The minimum Gasteiger partial charge on any atom is -0.349 e. The average molecular weight is 125 g/mol. The minimum absolute atomic E-state index is 0.0719. The Bertz CT molecular complexity index is 127. The van der Waals surface area contributed by atoms with E-state index < -0.39 is 0 Å². The summed E-state index contributed by atoms with van der Waals surface area (Å²) in [5.41, 5.74) is 0. The Morgan fingerprint density at radius 2 is 2.44 bits per heavy atom. The van der Waals surface area contributed by atoms with Crippen LogP contribution in [0.1, 0.15) is 6.92 Å². The van der Waals surface area contributed by atoms with Gasteiger partial charge in [0, 0.05) is 6.54 Å². The highest BCUT2D eigenvalue weighted by Crippen LogP contribution is 1.70. The largest absolute Gasteiger partial charge is 0.349 e. The van der Waals surface area contributed by atoms with Crippen LogP contribution in [-0.2, 0) is 4.79 Å². The Kier molecular flexibility index (Phi) is 4.50. The second-order valence-corrected chi connectivity index (χ2v) is 1.53. The zero-order chi connectivity index (χ0) is 7.11. The van der Waals surface area contributed by atoms with E-state index in [-0.39, 0.29) is 5.91 Å². The molecule has 0 fully saturated rings. The molecule has 0 radical (unpaired) electrons. The van der Waals surface area contributed by atoms with Crippen molar-refractivity contribution in [3.05, 3.63) is 24.8 Å². The highest BCUT2D eigenvalue weighted by Gasteiger charge is 1.86. The van der Waals surface area contributed by atoms with E-state index in [1.807, 2.05) is 0 Å². The van der Waals surface area contributed by atoms with E-state index >= 15 is 0 Å². The van der Waals surface area contributed by atoms with Crippen molar-refractivity contribution in [2.45, 2.75) is 6.92 Å². The summed E-state index contributed by atoms with van der Waals surface area (Å²) in [5, 5.41) is 2.59. The van der Waals surface area contributed by atoms with Gasteiger partial charge in [-0.2, -0.15) is 0 Å². The number of nitrogens with one attached hydrogen (secondary N) is 1. The van der Waals surface area contributed by atoms with Gasteiger partial charge in [-0.3, -0.25) is 4.79 Å². The van der Waals surface area contributed by atoms with Gasteiger partial charge in [-0.15, -0.1) is 6.58 Å². The van der Waals surface area contributed by atoms with E-state index in [0.717, 1.165) is 0 Å². The molecule has 0 aromatic carbocycles. The normalized spacial score (nSPS) is 9.44. The molecule has 2 nitrogen and oxygen atoms in total. The summed E-state index contributed by atoms with van der Waals surface area (Å²) in [6, 6.07) is 0. The summed E-state index contributed by atoms with van der Waals surface area (Å²) in [6.07, 6.45) is 4.81. The van der Waals surface area contributed by atoms with E-state index in [1.165, 1.54) is 6.08 Å². The second kappa shape index (κ2) is 5.09. The van der Waals surface area contributed by atoms with Gasteiger partial charge < -0.3 is 5.32 Å². The second-order valence-electron chi connectivity index (χ2n) is 1.53. The molecule has 0 heterocycles. The molecule has 9 heavy (non-hydrogen) atoms. The monoisotopic (exact) mass is 125 g/mol. The first-order chi connectivity index (χ1) is 4.31. The third kappa shape index (κ3) is 4.81. The highest BCUT2D eigenvalue weighted by molar-refractivity contribution is 5.87. The van der Waals surface area contributed by atoms with Crippen LogP contribution in [0, 0.1) is 0 Å². The molecule has 0 atom stereocenters. The molecule has 0 bridgehead atoms. The molecule has 0 aromatic rings. The molecule has 0 spiro atoms. The lowest BCUT2D eigenvalue weighted by atomic mass is 10.5. The molecular formula is C7H11NO. The van der Waals surface area contributed by atoms with Crippen LogP contribution in [0.25, 0.3) is 0 Å². The van der Waals surface area contributed by atoms with E-state index in [4.69, 9.17) is 0 Å². The van der Waals surface area contributed by atoms with Gasteiger partial charge in [-0.1, -0.05) is 12.2 Å². The van der Waals surface area contributed by atoms with Crippen molar-refractivity contribution >= 4 is 5.91 Å². The fourth-order valence-corrected chi connectivity index (χ4v) is 0.383. The van der Waals surface area contributed by atoms with Crippen LogP contribution < -0.4 is 5.32 Å². The van der Waals surface area contributed by atoms with Crippen LogP contribution in [0.4, 0.5) is 0 Å². The first-order valence-electron chi connectivity index (χ1n) is 2.82. The lowest BCUT2D eigenvalue weighted by Crippen LogP contribution is -2.20. The molecule has 0 saturated heterocycles. The Balaban J connectivity index is 3.38. The maximum Gasteiger partial charge on any atom is 0.243 e. The first kappa shape index (κ1) is 7.95. The van der Waals surface area contributed by atoms with Gasteiger partial charge in [0.15, 0.2) is 0 Å². The Labute approximate surface area is 55.3 Å². The van der Waals surface area contributed by atoms with Crippen LogP contribution in [0.15, 0.2) is 24.8 Å². The molecule has 0 rings (SSSR count). The zero-order valence-electron chi connectivity index (χ0n) is 5.55. The van der Waals surface area contributed by atoms with E-state index in [9.17, 15) is 4.79 Å². The van der Waals surface area contributed by atoms with Gasteiger partial charge in [-0.25, -0.2) is 0 Å². The van der Waals surface area contributed by atoms with Crippen LogP contribution in [0.2, 0.25) is 0 Å². The zero-order valence-corrected chi connectivity index (χ0v) is 5.55. The van der Waals surface area contributed by atoms with Gasteiger partial charge >= 0.3 is 0 Å². The van der Waals surface area contributed by atoms with Gasteiger partial charge in [0.05, 0.1) is 0 Å². The fourth-order valence-electron chi connectivity index (χ4n) is 0.383. The van der Waals surface area contributed by atoms with Crippen LogP contribution in [0.5, 0.6) is 0 Å². The molecule has 0 aromatic heterocycles. The molecule has 1 N–H and O–H groups in total. The van der Waals surface area contributed by atoms with Gasteiger partial charge in [0.25, 0.3) is 0 Å². The van der Waals surface area contributed by atoms with Gasteiger partial charge in [0.1, 0.15) is 0 Å². The van der Waals surface area contributed by atoms with E-state index in [0.29, 0.717) is 6.54 Å². The quantitative estimate of drug-likeness (QED) is 0.440. The highest BCUT2D eigenvalue weighted by atomic mass is 16.1. The van der Waals surface area contributed by atoms with Crippen LogP contribution in [0.3, 0.4) is 0 Å². The number of allylic oxidation sites excluding steroid dienone is 1. The molecule has 0 aliphatic carbocycles. The van der Waals surface area contributed by atoms with Crippen molar-refractivity contribution in [1.29, 1.82) is 0 Å². The van der Waals surface area contributed by atoms with E-state index in [1.54, 1.807) is 19.1 Å².